The van der Waals surface area contributed by atoms with E-state index < -0.39 is 0 Å². The molecule has 0 unspecified atom stereocenters. The van der Waals surface area contributed by atoms with E-state index in [9.17, 15) is 9.59 Å². The zero-order valence-corrected chi connectivity index (χ0v) is 13.2. The summed E-state index contributed by atoms with van der Waals surface area (Å²) in [6, 6.07) is 14.0. The maximum Gasteiger partial charge on any atom is 0.212 e. The fourth-order valence-corrected chi connectivity index (χ4v) is 2.15. The molecule has 0 aliphatic rings. The lowest BCUT2D eigenvalue weighted by atomic mass is 10.1. The number of rotatable bonds is 6. The second-order valence-corrected chi connectivity index (χ2v) is 4.79. The van der Waals surface area contributed by atoms with Crippen LogP contribution in [0, 0.1) is 0 Å². The standard InChI is InChI=1S/C19H19NO3/c1-3-23-18-11-7-4-8-14(18)12-13-17(21)15-9-5-6-10-16(20-2)19(15)22/h4-13H,3H2,1-2H3,(H,20,22). The Morgan fingerprint density at radius 1 is 1.13 bits per heavy atom. The van der Waals surface area contributed by atoms with Crippen LogP contribution in [0.3, 0.4) is 0 Å². The van der Waals surface area contributed by atoms with Crippen LogP contribution in [-0.4, -0.2) is 19.4 Å². The van der Waals surface area contributed by atoms with Gasteiger partial charge in [0.1, 0.15) is 5.75 Å². The molecule has 2 rings (SSSR count). The zero-order chi connectivity index (χ0) is 16.7. The van der Waals surface area contributed by atoms with Crippen molar-refractivity contribution in [3.63, 3.8) is 0 Å². The molecule has 0 spiro atoms. The van der Waals surface area contributed by atoms with Crippen LogP contribution in [0.25, 0.3) is 6.08 Å². The molecule has 0 saturated carbocycles. The van der Waals surface area contributed by atoms with Crippen molar-refractivity contribution in [2.75, 3.05) is 19.0 Å². The first kappa shape index (κ1) is 16.5. The van der Waals surface area contributed by atoms with Crippen LogP contribution in [-0.2, 0) is 0 Å². The Labute approximate surface area is 135 Å². The number of ether oxygens (including phenoxy) is 1. The molecule has 4 heteroatoms. The Kier molecular flexibility index (Phi) is 5.69. The van der Waals surface area contributed by atoms with Gasteiger partial charge in [0.05, 0.1) is 17.9 Å². The minimum atomic E-state index is -0.339. The van der Waals surface area contributed by atoms with Gasteiger partial charge in [-0.3, -0.25) is 9.59 Å². The molecule has 0 atom stereocenters. The van der Waals surface area contributed by atoms with Gasteiger partial charge >= 0.3 is 0 Å². The Hall–Kier alpha value is -2.88. The van der Waals surface area contributed by atoms with Crippen LogP contribution in [0.1, 0.15) is 22.8 Å². The molecule has 118 valence electrons. The molecule has 1 N–H and O–H groups in total. The molecule has 0 fully saturated rings. The van der Waals surface area contributed by atoms with Gasteiger partial charge in [-0.05, 0) is 37.3 Å². The lowest BCUT2D eigenvalue weighted by Crippen LogP contribution is -2.14. The van der Waals surface area contributed by atoms with Gasteiger partial charge in [-0.25, -0.2) is 0 Å². The Balaban J connectivity index is 2.34. The maximum absolute atomic E-state index is 12.4. The molecular formula is C19H19NO3. The van der Waals surface area contributed by atoms with Crippen molar-refractivity contribution in [2.45, 2.75) is 6.92 Å². The number of hydrogen-bond acceptors (Lipinski definition) is 4. The highest BCUT2D eigenvalue weighted by Crippen LogP contribution is 2.19. The number of carbonyl (C=O) groups is 1. The van der Waals surface area contributed by atoms with Crippen molar-refractivity contribution >= 4 is 17.5 Å². The normalized spacial score (nSPS) is 10.5. The highest BCUT2D eigenvalue weighted by Gasteiger charge is 2.09. The summed E-state index contributed by atoms with van der Waals surface area (Å²) in [5, 5.41) is 2.80. The Morgan fingerprint density at radius 2 is 1.83 bits per heavy atom. The topological polar surface area (TPSA) is 55.4 Å². The fraction of sp³-hybridized carbons (Fsp3) is 0.158. The monoisotopic (exact) mass is 309 g/mol. The average molecular weight is 309 g/mol. The van der Waals surface area contributed by atoms with E-state index in [-0.39, 0.29) is 16.8 Å². The minimum Gasteiger partial charge on any atom is -0.493 e. The molecule has 2 aromatic carbocycles. The van der Waals surface area contributed by atoms with Crippen LogP contribution < -0.4 is 15.5 Å². The van der Waals surface area contributed by atoms with Crippen molar-refractivity contribution in [3.8, 4) is 5.75 Å². The highest BCUT2D eigenvalue weighted by molar-refractivity contribution is 6.07. The number of nitrogens with one attached hydrogen (secondary N) is 1. The van der Waals surface area contributed by atoms with E-state index in [0.29, 0.717) is 18.0 Å². The average Bonchev–Trinajstić information content (AvgIpc) is 2.75. The third-order valence-corrected chi connectivity index (χ3v) is 3.29. The third-order valence-electron chi connectivity index (χ3n) is 3.29. The SMILES string of the molecule is CCOc1ccccc1C=CC(=O)c1ccccc(NC)c1=O. The van der Waals surface area contributed by atoms with Gasteiger partial charge in [0, 0.05) is 12.6 Å². The van der Waals surface area contributed by atoms with E-state index in [0.717, 1.165) is 5.56 Å². The number of carbonyl (C=O) groups excluding carboxylic acids is 1. The summed E-state index contributed by atoms with van der Waals surface area (Å²) < 4.78 is 5.52. The van der Waals surface area contributed by atoms with Crippen LogP contribution >= 0.6 is 0 Å². The van der Waals surface area contributed by atoms with E-state index in [1.165, 1.54) is 12.1 Å². The minimum absolute atomic E-state index is 0.129. The van der Waals surface area contributed by atoms with Crippen LogP contribution in [0.15, 0.2) is 59.4 Å². The summed E-state index contributed by atoms with van der Waals surface area (Å²) in [6.07, 6.45) is 3.06. The second-order valence-electron chi connectivity index (χ2n) is 4.79. The summed E-state index contributed by atoms with van der Waals surface area (Å²) in [5.41, 5.74) is 1.00. The van der Waals surface area contributed by atoms with Crippen LogP contribution in [0.4, 0.5) is 5.69 Å². The molecular weight excluding hydrogens is 290 g/mol. The van der Waals surface area contributed by atoms with Crippen molar-refractivity contribution in [3.05, 3.63) is 76.0 Å². The molecule has 0 aromatic heterocycles. The van der Waals surface area contributed by atoms with E-state index in [2.05, 4.69) is 5.32 Å². The molecule has 23 heavy (non-hydrogen) atoms. The van der Waals surface area contributed by atoms with Crippen molar-refractivity contribution in [2.24, 2.45) is 0 Å². The summed E-state index contributed by atoms with van der Waals surface area (Å²) in [7, 11) is 1.65. The van der Waals surface area contributed by atoms with E-state index in [4.69, 9.17) is 4.74 Å². The van der Waals surface area contributed by atoms with E-state index in [1.54, 1.807) is 31.3 Å². The molecule has 0 bridgehead atoms. The molecule has 0 saturated heterocycles. The summed E-state index contributed by atoms with van der Waals surface area (Å²) in [5.74, 6) is 0.366. The molecule has 0 heterocycles. The quantitative estimate of drug-likeness (QED) is 0.656. The molecule has 2 aromatic rings. The van der Waals surface area contributed by atoms with E-state index >= 15 is 0 Å². The Morgan fingerprint density at radius 3 is 2.57 bits per heavy atom. The van der Waals surface area contributed by atoms with Gasteiger partial charge < -0.3 is 10.1 Å². The first-order chi connectivity index (χ1) is 11.2. The Bertz CT molecular complexity index is 781. The number of ketones is 1. The molecule has 0 radical (unpaired) electrons. The summed E-state index contributed by atoms with van der Waals surface area (Å²) in [4.78, 5) is 24.6. The largest absolute Gasteiger partial charge is 0.493 e. The molecule has 4 nitrogen and oxygen atoms in total. The lowest BCUT2D eigenvalue weighted by Gasteiger charge is -2.05. The predicted octanol–water partition coefficient (Wildman–Crippen LogP) is 3.38. The van der Waals surface area contributed by atoms with Gasteiger partial charge in [0.25, 0.3) is 0 Å². The second kappa shape index (κ2) is 7.94. The smallest absolute Gasteiger partial charge is 0.212 e. The van der Waals surface area contributed by atoms with E-state index in [1.807, 2.05) is 31.2 Å². The third kappa shape index (κ3) is 4.07. The number of allylic oxidation sites excluding steroid dienone is 1. The number of para-hydroxylation sites is 1. The summed E-state index contributed by atoms with van der Waals surface area (Å²) in [6.45, 7) is 2.45. The van der Waals surface area contributed by atoms with Crippen molar-refractivity contribution in [1.29, 1.82) is 0 Å². The van der Waals surface area contributed by atoms with Gasteiger partial charge in [-0.2, -0.15) is 0 Å². The lowest BCUT2D eigenvalue weighted by molar-refractivity contribution is 0.104. The van der Waals surface area contributed by atoms with Gasteiger partial charge in [0.15, 0.2) is 5.78 Å². The summed E-state index contributed by atoms with van der Waals surface area (Å²) >= 11 is 0. The van der Waals surface area contributed by atoms with Gasteiger partial charge in [0.2, 0.25) is 5.43 Å². The molecule has 0 amide bonds. The predicted molar refractivity (Wildman–Crippen MR) is 93.2 cm³/mol. The first-order valence-electron chi connectivity index (χ1n) is 7.42. The maximum atomic E-state index is 12.4. The van der Waals surface area contributed by atoms with Crippen LogP contribution in [0.5, 0.6) is 5.75 Å². The van der Waals surface area contributed by atoms with Gasteiger partial charge in [-0.1, -0.05) is 30.3 Å². The zero-order valence-electron chi connectivity index (χ0n) is 13.2. The van der Waals surface area contributed by atoms with Crippen molar-refractivity contribution < 1.29 is 9.53 Å². The van der Waals surface area contributed by atoms with Gasteiger partial charge in [-0.15, -0.1) is 0 Å². The van der Waals surface area contributed by atoms with Crippen LogP contribution in [0.2, 0.25) is 0 Å². The number of anilines is 1. The highest BCUT2D eigenvalue weighted by atomic mass is 16.5. The number of benzene rings is 1. The number of hydrogen-bond donors (Lipinski definition) is 1. The van der Waals surface area contributed by atoms with Crippen molar-refractivity contribution in [1.82, 2.24) is 0 Å². The molecule has 0 aliphatic carbocycles. The first-order valence-corrected chi connectivity index (χ1v) is 7.42. The molecule has 0 aliphatic heterocycles. The fourth-order valence-electron chi connectivity index (χ4n) is 2.15.